The number of esters is 1. The zero-order valence-corrected chi connectivity index (χ0v) is 22.5. The first kappa shape index (κ1) is 25.6. The summed E-state index contributed by atoms with van der Waals surface area (Å²) < 4.78 is 17.5. The van der Waals surface area contributed by atoms with Gasteiger partial charge in [-0.3, -0.25) is 0 Å². The van der Waals surface area contributed by atoms with E-state index in [2.05, 4.69) is 29.5 Å². The fourth-order valence-corrected chi connectivity index (χ4v) is 6.10. The lowest BCUT2D eigenvalue weighted by molar-refractivity contribution is -0.0158. The summed E-state index contributed by atoms with van der Waals surface area (Å²) in [7, 11) is 0. The molecule has 8 heteroatoms. The molecule has 1 N–H and O–H groups in total. The van der Waals surface area contributed by atoms with Gasteiger partial charge in [-0.2, -0.15) is 0 Å². The van der Waals surface area contributed by atoms with Gasteiger partial charge in [-0.05, 0) is 76.1 Å². The van der Waals surface area contributed by atoms with Crippen LogP contribution in [0.25, 0.3) is 11.3 Å². The number of amides is 2. The Kier molecular flexibility index (Phi) is 7.12. The third kappa shape index (κ3) is 5.30. The first-order valence-corrected chi connectivity index (χ1v) is 14.0. The lowest BCUT2D eigenvalue weighted by atomic mass is 9.99. The SMILES string of the molecule is CCOC(=O)c1cccc(NC(=O)N2C3CCC2CC(OCc2c(-c4ccccc4C)noc2C2CC2)C3)c1. The van der Waals surface area contributed by atoms with Crippen molar-refractivity contribution in [2.24, 2.45) is 0 Å². The van der Waals surface area contributed by atoms with Gasteiger partial charge in [0.15, 0.2) is 0 Å². The highest BCUT2D eigenvalue weighted by Crippen LogP contribution is 2.45. The van der Waals surface area contributed by atoms with Crippen molar-refractivity contribution in [3.63, 3.8) is 0 Å². The molecule has 3 fully saturated rings. The molecule has 2 bridgehead atoms. The quantitative estimate of drug-likeness (QED) is 0.337. The number of benzene rings is 2. The van der Waals surface area contributed by atoms with Crippen molar-refractivity contribution in [3.05, 3.63) is 71.0 Å². The Hall–Kier alpha value is -3.65. The Morgan fingerprint density at radius 2 is 1.82 bits per heavy atom. The highest BCUT2D eigenvalue weighted by Gasteiger charge is 2.44. The van der Waals surface area contributed by atoms with Crippen LogP contribution >= 0.6 is 0 Å². The first-order chi connectivity index (χ1) is 19.0. The fourth-order valence-electron chi connectivity index (χ4n) is 6.10. The summed E-state index contributed by atoms with van der Waals surface area (Å²) in [5.41, 5.74) is 5.23. The number of piperidine rings is 1. The van der Waals surface area contributed by atoms with Gasteiger partial charge < -0.3 is 24.2 Å². The van der Waals surface area contributed by atoms with E-state index >= 15 is 0 Å². The van der Waals surface area contributed by atoms with E-state index in [1.54, 1.807) is 31.2 Å². The number of aryl methyl sites for hydroxylation is 1. The van der Waals surface area contributed by atoms with Crippen LogP contribution in [0.3, 0.4) is 0 Å². The Morgan fingerprint density at radius 3 is 2.54 bits per heavy atom. The molecule has 2 atom stereocenters. The van der Waals surface area contributed by atoms with E-state index in [1.165, 1.54) is 5.56 Å². The highest BCUT2D eigenvalue weighted by atomic mass is 16.5. The maximum Gasteiger partial charge on any atom is 0.338 e. The monoisotopic (exact) mass is 529 g/mol. The number of hydrogen-bond acceptors (Lipinski definition) is 6. The van der Waals surface area contributed by atoms with Crippen molar-refractivity contribution in [3.8, 4) is 11.3 Å². The minimum absolute atomic E-state index is 0.0744. The third-order valence-corrected chi connectivity index (χ3v) is 8.18. The summed E-state index contributed by atoms with van der Waals surface area (Å²) in [5, 5.41) is 7.47. The van der Waals surface area contributed by atoms with Gasteiger partial charge in [0.25, 0.3) is 0 Å². The molecule has 2 aliphatic heterocycles. The van der Waals surface area contributed by atoms with Gasteiger partial charge >= 0.3 is 12.0 Å². The average Bonchev–Trinajstić information content (AvgIpc) is 3.63. The number of fused-ring (bicyclic) bond motifs is 2. The van der Waals surface area contributed by atoms with Gasteiger partial charge in [-0.25, -0.2) is 9.59 Å². The van der Waals surface area contributed by atoms with Crippen LogP contribution in [0, 0.1) is 6.92 Å². The number of rotatable bonds is 8. The van der Waals surface area contributed by atoms with E-state index in [1.807, 2.05) is 17.0 Å². The van der Waals surface area contributed by atoms with Crippen LogP contribution in [0.2, 0.25) is 0 Å². The summed E-state index contributed by atoms with van der Waals surface area (Å²) in [6.07, 6.45) is 5.88. The van der Waals surface area contributed by atoms with Gasteiger partial charge in [-0.15, -0.1) is 0 Å². The Labute approximate surface area is 228 Å². The van der Waals surface area contributed by atoms with E-state index in [0.717, 1.165) is 61.1 Å². The zero-order valence-electron chi connectivity index (χ0n) is 22.5. The average molecular weight is 530 g/mol. The standard InChI is InChI=1S/C31H35N3O5/c1-3-37-30(35)21-8-6-9-22(15-21)32-31(36)34-23-13-14-24(34)17-25(16-23)38-18-27-28(26-10-5-4-7-19(26)2)33-39-29(27)20-11-12-20/h4-10,15,20,23-25H,3,11-14,16-18H2,1-2H3,(H,32,36). The predicted octanol–water partition coefficient (Wildman–Crippen LogP) is 6.45. The molecule has 6 rings (SSSR count). The second-order valence-corrected chi connectivity index (χ2v) is 10.9. The van der Waals surface area contributed by atoms with Gasteiger partial charge in [0.2, 0.25) is 0 Å². The molecule has 8 nitrogen and oxygen atoms in total. The number of hydrogen-bond donors (Lipinski definition) is 1. The molecule has 2 amide bonds. The summed E-state index contributed by atoms with van der Waals surface area (Å²) in [6.45, 7) is 4.64. The number of carbonyl (C=O) groups is 2. The number of nitrogens with zero attached hydrogens (tertiary/aromatic N) is 2. The molecule has 2 saturated heterocycles. The summed E-state index contributed by atoms with van der Waals surface area (Å²) >= 11 is 0. The van der Waals surface area contributed by atoms with Crippen molar-refractivity contribution in [1.29, 1.82) is 0 Å². The number of aromatic nitrogens is 1. The smallest absolute Gasteiger partial charge is 0.338 e. The first-order valence-electron chi connectivity index (χ1n) is 14.0. The molecule has 1 aliphatic carbocycles. The Bertz CT molecular complexity index is 1350. The number of carbonyl (C=O) groups excluding carboxylic acids is 2. The topological polar surface area (TPSA) is 93.9 Å². The van der Waals surface area contributed by atoms with E-state index in [9.17, 15) is 9.59 Å². The molecular formula is C31H35N3O5. The third-order valence-electron chi connectivity index (χ3n) is 8.18. The number of ether oxygens (including phenoxy) is 2. The van der Waals surface area contributed by atoms with Crippen molar-refractivity contribution in [2.75, 3.05) is 11.9 Å². The van der Waals surface area contributed by atoms with Crippen molar-refractivity contribution >= 4 is 17.7 Å². The second kappa shape index (κ2) is 10.8. The van der Waals surface area contributed by atoms with Gasteiger partial charge in [0, 0.05) is 34.8 Å². The zero-order chi connectivity index (χ0) is 26.9. The minimum Gasteiger partial charge on any atom is -0.462 e. The lowest BCUT2D eigenvalue weighted by Gasteiger charge is -2.38. The van der Waals surface area contributed by atoms with Gasteiger partial charge in [-0.1, -0.05) is 35.5 Å². The van der Waals surface area contributed by atoms with E-state index in [0.29, 0.717) is 30.4 Å². The summed E-state index contributed by atoms with van der Waals surface area (Å²) in [5.74, 6) is 1.02. The minimum atomic E-state index is -0.394. The molecule has 3 aromatic rings. The van der Waals surface area contributed by atoms with Gasteiger partial charge in [0.1, 0.15) is 11.5 Å². The number of nitrogens with one attached hydrogen (secondary N) is 1. The molecule has 2 aromatic carbocycles. The van der Waals surface area contributed by atoms with Crippen LogP contribution in [-0.2, 0) is 16.1 Å². The molecule has 1 saturated carbocycles. The molecule has 3 aliphatic rings. The molecule has 0 radical (unpaired) electrons. The largest absolute Gasteiger partial charge is 0.462 e. The predicted molar refractivity (Wildman–Crippen MR) is 147 cm³/mol. The normalized spacial score (nSPS) is 22.1. The van der Waals surface area contributed by atoms with Crippen molar-refractivity contribution in [1.82, 2.24) is 10.1 Å². The summed E-state index contributed by atoms with van der Waals surface area (Å²) in [6, 6.07) is 15.3. The van der Waals surface area contributed by atoms with E-state index in [-0.39, 0.29) is 24.2 Å². The molecular weight excluding hydrogens is 494 g/mol. The second-order valence-electron chi connectivity index (χ2n) is 10.9. The maximum absolute atomic E-state index is 13.3. The highest BCUT2D eigenvalue weighted by molar-refractivity contribution is 5.94. The molecule has 1 aromatic heterocycles. The van der Waals surface area contributed by atoms with Gasteiger partial charge in [0.05, 0.1) is 24.9 Å². The molecule has 0 spiro atoms. The van der Waals surface area contributed by atoms with E-state index in [4.69, 9.17) is 14.0 Å². The Morgan fingerprint density at radius 1 is 1.05 bits per heavy atom. The van der Waals surface area contributed by atoms with Crippen molar-refractivity contribution < 1.29 is 23.6 Å². The van der Waals surface area contributed by atoms with Crippen LogP contribution in [0.15, 0.2) is 53.1 Å². The maximum atomic E-state index is 13.3. The van der Waals surface area contributed by atoms with Crippen LogP contribution in [0.4, 0.5) is 10.5 Å². The van der Waals surface area contributed by atoms with Crippen LogP contribution in [-0.4, -0.2) is 46.9 Å². The molecule has 39 heavy (non-hydrogen) atoms. The fraction of sp³-hybridized carbons (Fsp3) is 0.452. The molecule has 3 heterocycles. The number of anilines is 1. The van der Waals surface area contributed by atoms with E-state index < -0.39 is 5.97 Å². The van der Waals surface area contributed by atoms with Crippen LogP contribution in [0.1, 0.15) is 78.6 Å². The van der Waals surface area contributed by atoms with Crippen LogP contribution in [0.5, 0.6) is 0 Å². The lowest BCUT2D eigenvalue weighted by Crippen LogP contribution is -2.50. The van der Waals surface area contributed by atoms with Crippen LogP contribution < -0.4 is 5.32 Å². The molecule has 204 valence electrons. The van der Waals surface area contributed by atoms with Crippen molar-refractivity contribution in [2.45, 2.75) is 83.1 Å². The Balaban J connectivity index is 1.11. The number of urea groups is 1. The summed E-state index contributed by atoms with van der Waals surface area (Å²) in [4.78, 5) is 27.4. The molecule has 2 unspecified atom stereocenters.